The normalized spacial score (nSPS) is 17.6. The molecular weight excluding hydrogens is 283 g/mol. The number of anilines is 1. The maximum atomic E-state index is 13.5. The summed E-state index contributed by atoms with van der Waals surface area (Å²) in [5.74, 6) is 0.122. The lowest BCUT2D eigenvalue weighted by Gasteiger charge is -2.08. The molecule has 5 nitrogen and oxygen atoms in total. The Balaban J connectivity index is 1.52. The van der Waals surface area contributed by atoms with Gasteiger partial charge in [-0.1, -0.05) is 18.2 Å². The van der Waals surface area contributed by atoms with Crippen LogP contribution in [0, 0.1) is 5.82 Å². The molecular formula is C16H19FN4O. The molecule has 2 aromatic rings. The van der Waals surface area contributed by atoms with Crippen molar-refractivity contribution < 1.29 is 9.18 Å². The second-order valence-corrected chi connectivity index (χ2v) is 5.47. The molecule has 22 heavy (non-hydrogen) atoms. The second kappa shape index (κ2) is 6.70. The van der Waals surface area contributed by atoms with Crippen LogP contribution in [-0.4, -0.2) is 28.8 Å². The first-order chi connectivity index (χ1) is 10.7. The first-order valence-electron chi connectivity index (χ1n) is 7.51. The fourth-order valence-electron chi connectivity index (χ4n) is 2.63. The Bertz CT molecular complexity index is 649. The van der Waals surface area contributed by atoms with E-state index in [-0.39, 0.29) is 18.1 Å². The Kier molecular flexibility index (Phi) is 4.48. The van der Waals surface area contributed by atoms with E-state index in [2.05, 4.69) is 15.7 Å². The lowest BCUT2D eigenvalue weighted by atomic mass is 10.1. The summed E-state index contributed by atoms with van der Waals surface area (Å²) in [7, 11) is 0. The molecule has 1 amide bonds. The van der Waals surface area contributed by atoms with Gasteiger partial charge in [0.05, 0.1) is 6.04 Å². The SMILES string of the molecule is O=C(CCc1ccccc1F)Nc1ccn(C2CCNC2)n1. The van der Waals surface area contributed by atoms with Crippen LogP contribution in [0.15, 0.2) is 36.5 Å². The Labute approximate surface area is 128 Å². The number of carbonyl (C=O) groups excluding carboxylic acids is 1. The number of carbonyl (C=O) groups is 1. The van der Waals surface area contributed by atoms with Crippen molar-refractivity contribution in [1.29, 1.82) is 0 Å². The van der Waals surface area contributed by atoms with Gasteiger partial charge in [-0.3, -0.25) is 9.48 Å². The molecule has 0 radical (unpaired) electrons. The minimum atomic E-state index is -0.270. The summed E-state index contributed by atoms with van der Waals surface area (Å²) < 4.78 is 15.4. The van der Waals surface area contributed by atoms with Crippen molar-refractivity contribution >= 4 is 11.7 Å². The molecule has 1 saturated heterocycles. The minimum absolute atomic E-state index is 0.155. The number of nitrogens with one attached hydrogen (secondary N) is 2. The van der Waals surface area contributed by atoms with E-state index in [0.717, 1.165) is 19.5 Å². The number of aromatic nitrogens is 2. The first kappa shape index (κ1) is 14.7. The van der Waals surface area contributed by atoms with Crippen molar-refractivity contribution in [2.75, 3.05) is 18.4 Å². The topological polar surface area (TPSA) is 59.0 Å². The Morgan fingerprint density at radius 1 is 1.41 bits per heavy atom. The van der Waals surface area contributed by atoms with Gasteiger partial charge in [-0.25, -0.2) is 4.39 Å². The van der Waals surface area contributed by atoms with Gasteiger partial charge in [-0.15, -0.1) is 0 Å². The summed E-state index contributed by atoms with van der Waals surface area (Å²) in [5.41, 5.74) is 0.556. The van der Waals surface area contributed by atoms with Gasteiger partial charge in [0.1, 0.15) is 5.82 Å². The first-order valence-corrected chi connectivity index (χ1v) is 7.51. The Morgan fingerprint density at radius 3 is 3.05 bits per heavy atom. The van der Waals surface area contributed by atoms with Crippen LogP contribution in [0.25, 0.3) is 0 Å². The minimum Gasteiger partial charge on any atom is -0.315 e. The van der Waals surface area contributed by atoms with Crippen LogP contribution in [0.5, 0.6) is 0 Å². The largest absolute Gasteiger partial charge is 0.315 e. The van der Waals surface area contributed by atoms with Gasteiger partial charge in [0.15, 0.2) is 5.82 Å². The van der Waals surface area contributed by atoms with Crippen LogP contribution in [0.3, 0.4) is 0 Å². The predicted molar refractivity (Wildman–Crippen MR) is 82.1 cm³/mol. The molecule has 1 aliphatic rings. The number of hydrogen-bond acceptors (Lipinski definition) is 3. The van der Waals surface area contributed by atoms with Gasteiger partial charge < -0.3 is 10.6 Å². The van der Waals surface area contributed by atoms with Gasteiger partial charge in [-0.05, 0) is 31.0 Å². The average molecular weight is 302 g/mol. The van der Waals surface area contributed by atoms with Crippen molar-refractivity contribution in [2.24, 2.45) is 0 Å². The van der Waals surface area contributed by atoms with E-state index in [1.807, 2.05) is 10.9 Å². The highest BCUT2D eigenvalue weighted by Gasteiger charge is 2.17. The van der Waals surface area contributed by atoms with Crippen LogP contribution in [0.1, 0.15) is 24.4 Å². The van der Waals surface area contributed by atoms with E-state index < -0.39 is 0 Å². The number of rotatable bonds is 5. The molecule has 1 fully saturated rings. The van der Waals surface area contributed by atoms with Crippen molar-refractivity contribution in [3.05, 3.63) is 47.9 Å². The molecule has 1 aromatic heterocycles. The Hall–Kier alpha value is -2.21. The third-order valence-electron chi connectivity index (χ3n) is 3.86. The fraction of sp³-hybridized carbons (Fsp3) is 0.375. The van der Waals surface area contributed by atoms with E-state index in [1.54, 1.807) is 24.3 Å². The van der Waals surface area contributed by atoms with E-state index in [9.17, 15) is 9.18 Å². The number of benzene rings is 1. The highest BCUT2D eigenvalue weighted by Crippen LogP contribution is 2.16. The number of nitrogens with zero attached hydrogens (tertiary/aromatic N) is 2. The fourth-order valence-corrected chi connectivity index (χ4v) is 2.63. The monoisotopic (exact) mass is 302 g/mol. The molecule has 0 aliphatic carbocycles. The summed E-state index contributed by atoms with van der Waals surface area (Å²) in [4.78, 5) is 11.9. The zero-order chi connectivity index (χ0) is 15.4. The summed E-state index contributed by atoms with van der Waals surface area (Å²) in [6.07, 6.45) is 3.54. The molecule has 1 aromatic carbocycles. The van der Waals surface area contributed by atoms with Gasteiger partial charge in [-0.2, -0.15) is 5.10 Å². The quantitative estimate of drug-likeness (QED) is 0.889. The molecule has 1 atom stereocenters. The lowest BCUT2D eigenvalue weighted by Crippen LogP contribution is -2.16. The van der Waals surface area contributed by atoms with Gasteiger partial charge in [0.2, 0.25) is 5.91 Å². The molecule has 1 unspecified atom stereocenters. The van der Waals surface area contributed by atoms with Gasteiger partial charge >= 0.3 is 0 Å². The summed E-state index contributed by atoms with van der Waals surface area (Å²) in [6, 6.07) is 8.66. The van der Waals surface area contributed by atoms with Crippen LogP contribution < -0.4 is 10.6 Å². The summed E-state index contributed by atoms with van der Waals surface area (Å²) >= 11 is 0. The van der Waals surface area contributed by atoms with Crippen molar-refractivity contribution in [2.45, 2.75) is 25.3 Å². The standard InChI is InChI=1S/C16H19FN4O/c17-14-4-2-1-3-12(14)5-6-16(22)19-15-8-10-21(20-15)13-7-9-18-11-13/h1-4,8,10,13,18H,5-7,9,11H2,(H,19,20,22). The average Bonchev–Trinajstić information content (AvgIpc) is 3.17. The molecule has 0 bridgehead atoms. The van der Waals surface area contributed by atoms with Crippen LogP contribution >= 0.6 is 0 Å². The zero-order valence-corrected chi connectivity index (χ0v) is 12.3. The molecule has 116 valence electrons. The molecule has 3 rings (SSSR count). The number of hydrogen-bond donors (Lipinski definition) is 2. The number of halogens is 1. The highest BCUT2D eigenvalue weighted by atomic mass is 19.1. The zero-order valence-electron chi connectivity index (χ0n) is 12.3. The molecule has 2 heterocycles. The van der Waals surface area contributed by atoms with Crippen LogP contribution in [0.2, 0.25) is 0 Å². The Morgan fingerprint density at radius 2 is 2.27 bits per heavy atom. The second-order valence-electron chi connectivity index (χ2n) is 5.47. The maximum absolute atomic E-state index is 13.5. The third kappa shape index (κ3) is 3.51. The van der Waals surface area contributed by atoms with E-state index in [0.29, 0.717) is 23.8 Å². The maximum Gasteiger partial charge on any atom is 0.225 e. The number of amides is 1. The summed E-state index contributed by atoms with van der Waals surface area (Å²) in [6.45, 7) is 1.90. The third-order valence-corrected chi connectivity index (χ3v) is 3.86. The molecule has 0 spiro atoms. The molecule has 2 N–H and O–H groups in total. The van der Waals surface area contributed by atoms with Crippen LogP contribution in [0.4, 0.5) is 10.2 Å². The van der Waals surface area contributed by atoms with Crippen molar-refractivity contribution in [1.82, 2.24) is 15.1 Å². The summed E-state index contributed by atoms with van der Waals surface area (Å²) in [5, 5.41) is 10.4. The molecule has 6 heteroatoms. The number of aryl methyl sites for hydroxylation is 1. The van der Waals surface area contributed by atoms with E-state index in [4.69, 9.17) is 0 Å². The lowest BCUT2D eigenvalue weighted by molar-refractivity contribution is -0.116. The van der Waals surface area contributed by atoms with Crippen molar-refractivity contribution in [3.8, 4) is 0 Å². The molecule has 1 aliphatic heterocycles. The van der Waals surface area contributed by atoms with Gasteiger partial charge in [0, 0.05) is 25.2 Å². The van der Waals surface area contributed by atoms with Crippen LogP contribution in [-0.2, 0) is 11.2 Å². The van der Waals surface area contributed by atoms with E-state index in [1.165, 1.54) is 6.07 Å². The molecule has 0 saturated carbocycles. The highest BCUT2D eigenvalue weighted by molar-refractivity contribution is 5.89. The predicted octanol–water partition coefficient (Wildman–Crippen LogP) is 2.13. The smallest absolute Gasteiger partial charge is 0.225 e. The van der Waals surface area contributed by atoms with Crippen molar-refractivity contribution in [3.63, 3.8) is 0 Å². The van der Waals surface area contributed by atoms with Gasteiger partial charge in [0.25, 0.3) is 0 Å². The van der Waals surface area contributed by atoms with E-state index >= 15 is 0 Å².